The van der Waals surface area contributed by atoms with Gasteiger partial charge in [-0.3, -0.25) is 25.1 Å². The van der Waals surface area contributed by atoms with E-state index in [1.807, 2.05) is 73.7 Å². The fourth-order valence-corrected chi connectivity index (χ4v) is 5.59. The van der Waals surface area contributed by atoms with Crippen LogP contribution in [0, 0.1) is 17.9 Å². The van der Waals surface area contributed by atoms with E-state index < -0.39 is 6.04 Å². The quantitative estimate of drug-likeness (QED) is 0.126. The zero-order chi connectivity index (χ0) is 31.5. The van der Waals surface area contributed by atoms with Gasteiger partial charge >= 0.3 is 0 Å². The molecule has 9 heteroatoms. The Morgan fingerprint density at radius 3 is 2.43 bits per heavy atom. The molecule has 2 bridgehead atoms. The van der Waals surface area contributed by atoms with E-state index in [0.717, 1.165) is 27.8 Å². The fourth-order valence-electron chi connectivity index (χ4n) is 5.59. The average Bonchev–Trinajstić information content (AvgIpc) is 3.05. The first-order valence-corrected chi connectivity index (χ1v) is 14.8. The van der Waals surface area contributed by atoms with E-state index in [9.17, 15) is 19.6 Å². The molecule has 44 heavy (non-hydrogen) atoms. The first-order valence-electron chi connectivity index (χ1n) is 14.8. The van der Waals surface area contributed by atoms with Crippen molar-refractivity contribution in [1.29, 1.82) is 0 Å². The summed E-state index contributed by atoms with van der Waals surface area (Å²) in [5, 5.41) is 15.8. The maximum atomic E-state index is 12.9. The van der Waals surface area contributed by atoms with Crippen molar-refractivity contribution in [3.8, 4) is 12.0 Å². The summed E-state index contributed by atoms with van der Waals surface area (Å²) in [5.74, 6) is 2.32. The lowest BCUT2D eigenvalue weighted by molar-refractivity contribution is -0.129. The molecular formula is C35H39N5O4. The lowest BCUT2D eigenvalue weighted by Gasteiger charge is -2.27. The Morgan fingerprint density at radius 1 is 1.05 bits per heavy atom. The molecule has 1 aliphatic heterocycles. The van der Waals surface area contributed by atoms with Gasteiger partial charge in [0.1, 0.15) is 17.7 Å². The van der Waals surface area contributed by atoms with Gasteiger partial charge in [-0.1, -0.05) is 79.6 Å². The van der Waals surface area contributed by atoms with Crippen molar-refractivity contribution in [2.45, 2.75) is 57.4 Å². The van der Waals surface area contributed by atoms with Gasteiger partial charge in [0.05, 0.1) is 5.69 Å². The van der Waals surface area contributed by atoms with E-state index in [0.29, 0.717) is 24.4 Å². The van der Waals surface area contributed by atoms with E-state index in [1.165, 1.54) is 7.05 Å². The van der Waals surface area contributed by atoms with E-state index >= 15 is 0 Å². The Balaban J connectivity index is 1.84. The summed E-state index contributed by atoms with van der Waals surface area (Å²) in [6.07, 6.45) is 1.50. The Hall–Kier alpha value is -4.94. The van der Waals surface area contributed by atoms with Crippen molar-refractivity contribution in [2.24, 2.45) is 16.6 Å². The molecule has 0 radical (unpaired) electrons. The number of nitrogens with one attached hydrogen (secondary N) is 3. The average molecular weight is 594 g/mol. The maximum absolute atomic E-state index is 12.9. The van der Waals surface area contributed by atoms with E-state index in [1.54, 1.807) is 6.07 Å². The topological polar surface area (TPSA) is 146 Å². The van der Waals surface area contributed by atoms with Crippen LogP contribution in [0.5, 0.6) is 0 Å². The molecule has 1 heterocycles. The number of amidine groups is 1. The summed E-state index contributed by atoms with van der Waals surface area (Å²) in [6.45, 7) is 1.97. The number of benzene rings is 3. The van der Waals surface area contributed by atoms with Gasteiger partial charge < -0.3 is 16.4 Å². The first kappa shape index (κ1) is 32.0. The summed E-state index contributed by atoms with van der Waals surface area (Å²) >= 11 is 0. The van der Waals surface area contributed by atoms with Crippen LogP contribution in [-0.4, -0.2) is 41.7 Å². The monoisotopic (exact) mass is 593 g/mol. The number of amides is 2. The Bertz CT molecular complexity index is 1560. The molecule has 0 saturated heterocycles. The zero-order valence-corrected chi connectivity index (χ0v) is 25.1. The fraction of sp³-hybridized carbons (Fsp3) is 0.314. The minimum Gasteiger partial charge on any atom is -0.383 e. The Morgan fingerprint density at radius 2 is 1.75 bits per heavy atom. The molecular weight excluding hydrogens is 554 g/mol. The molecule has 2 unspecified atom stereocenters. The number of carbonyl (C=O) groups is 3. The maximum Gasteiger partial charge on any atom is 0.242 e. The van der Waals surface area contributed by atoms with Crippen molar-refractivity contribution in [2.75, 3.05) is 12.5 Å². The summed E-state index contributed by atoms with van der Waals surface area (Å²) in [7, 11) is 1.52. The molecule has 3 aromatic rings. The number of hydrogen-bond donors (Lipinski definition) is 5. The SMILES string of the molecule is CNC(=O)C1Cc2ccc(NO)c(c2C[C@@H](C)C#CN=C(N)c2ccccc2)C(c2ccccc2)CCC(=O)CCC(=O)N1. The van der Waals surface area contributed by atoms with Crippen LogP contribution in [0.1, 0.15) is 66.3 Å². The highest BCUT2D eigenvalue weighted by atomic mass is 16.5. The molecule has 0 aromatic heterocycles. The van der Waals surface area contributed by atoms with Crippen molar-refractivity contribution in [3.05, 3.63) is 101 Å². The van der Waals surface area contributed by atoms with Gasteiger partial charge in [0.25, 0.3) is 0 Å². The predicted molar refractivity (Wildman–Crippen MR) is 171 cm³/mol. The van der Waals surface area contributed by atoms with Gasteiger partial charge in [0.2, 0.25) is 11.8 Å². The van der Waals surface area contributed by atoms with Crippen LogP contribution in [-0.2, 0) is 27.2 Å². The van der Waals surface area contributed by atoms with Crippen molar-refractivity contribution in [3.63, 3.8) is 0 Å². The summed E-state index contributed by atoms with van der Waals surface area (Å²) < 4.78 is 0. The third-order valence-electron chi connectivity index (χ3n) is 7.86. The number of aliphatic imine (C=N–C) groups is 1. The molecule has 3 aromatic carbocycles. The Labute approximate surface area is 258 Å². The second kappa shape index (κ2) is 15.5. The summed E-state index contributed by atoms with van der Waals surface area (Å²) in [4.78, 5) is 42.9. The number of rotatable bonds is 6. The van der Waals surface area contributed by atoms with Gasteiger partial charge in [0, 0.05) is 56.2 Å². The number of carbonyl (C=O) groups excluding carboxylic acids is 3. The molecule has 1 aliphatic rings. The van der Waals surface area contributed by atoms with Gasteiger partial charge in [-0.15, -0.1) is 0 Å². The van der Waals surface area contributed by atoms with E-state index in [2.05, 4.69) is 33.1 Å². The lowest BCUT2D eigenvalue weighted by Crippen LogP contribution is -2.47. The molecule has 4 rings (SSSR count). The van der Waals surface area contributed by atoms with Crippen LogP contribution in [0.2, 0.25) is 0 Å². The minimum absolute atomic E-state index is 0.00940. The van der Waals surface area contributed by atoms with Gasteiger partial charge in [-0.05, 0) is 41.2 Å². The Kier molecular flexibility index (Phi) is 11.3. The lowest BCUT2D eigenvalue weighted by atomic mass is 9.79. The van der Waals surface area contributed by atoms with Gasteiger partial charge in [-0.25, -0.2) is 0 Å². The number of nitrogens with two attached hydrogens (primary N) is 1. The second-order valence-electron chi connectivity index (χ2n) is 11.0. The number of fused-ring (bicyclic) bond motifs is 2. The van der Waals surface area contributed by atoms with Crippen molar-refractivity contribution in [1.82, 2.24) is 10.6 Å². The van der Waals surface area contributed by atoms with Crippen LogP contribution in [0.25, 0.3) is 0 Å². The molecule has 3 atom stereocenters. The highest BCUT2D eigenvalue weighted by Gasteiger charge is 2.28. The number of ketones is 1. The molecule has 9 nitrogen and oxygen atoms in total. The van der Waals surface area contributed by atoms with Crippen LogP contribution < -0.4 is 21.8 Å². The molecule has 228 valence electrons. The zero-order valence-electron chi connectivity index (χ0n) is 25.1. The molecule has 0 fully saturated rings. The number of Topliss-reactive ketones (excluding diaryl/α,β-unsaturated/α-hetero) is 1. The second-order valence-corrected chi connectivity index (χ2v) is 11.0. The molecule has 2 amide bonds. The summed E-state index contributed by atoms with van der Waals surface area (Å²) in [6, 6.07) is 24.9. The third kappa shape index (κ3) is 8.33. The number of likely N-dealkylation sites (N-methyl/N-ethyl adjacent to an activating group) is 1. The van der Waals surface area contributed by atoms with Crippen LogP contribution in [0.3, 0.4) is 0 Å². The van der Waals surface area contributed by atoms with Crippen LogP contribution in [0.15, 0.2) is 77.8 Å². The standard InChI is InChI=1S/C35H39N5O4/c1-23(19-20-38-34(36)25-11-7-4-8-12-25)21-29-26-13-17-30(40-44)33(29)28(24-9-5-3-6-10-24)16-14-27(41)15-18-32(42)39-31(22-26)35(43)37-2/h3-13,17,23,28,31,40,44H,14-16,18,21-22H2,1-2H3,(H2,36,38)(H,37,43)(H,39,42)/t23-,28?,31?/m0/s1. The highest BCUT2D eigenvalue weighted by Crippen LogP contribution is 2.39. The molecule has 6 N–H and O–H groups in total. The molecule has 0 spiro atoms. The number of anilines is 1. The van der Waals surface area contributed by atoms with Crippen molar-refractivity contribution >= 4 is 29.1 Å². The normalized spacial score (nSPS) is 18.3. The largest absolute Gasteiger partial charge is 0.383 e. The smallest absolute Gasteiger partial charge is 0.242 e. The minimum atomic E-state index is -0.852. The van der Waals surface area contributed by atoms with Crippen LogP contribution >= 0.6 is 0 Å². The first-order chi connectivity index (χ1) is 21.3. The number of nitrogens with zero attached hydrogens (tertiary/aromatic N) is 1. The van der Waals surface area contributed by atoms with Gasteiger partial charge in [-0.2, -0.15) is 4.99 Å². The number of hydrogen-bond acceptors (Lipinski definition) is 6. The molecule has 0 aliphatic carbocycles. The predicted octanol–water partition coefficient (Wildman–Crippen LogP) is 4.08. The van der Waals surface area contributed by atoms with Gasteiger partial charge in [0.15, 0.2) is 0 Å². The highest BCUT2D eigenvalue weighted by molar-refractivity contribution is 5.98. The van der Waals surface area contributed by atoms with E-state index in [4.69, 9.17) is 5.73 Å². The molecule has 0 saturated carbocycles. The van der Waals surface area contributed by atoms with Crippen LogP contribution in [0.4, 0.5) is 5.69 Å². The van der Waals surface area contributed by atoms with Crippen molar-refractivity contribution < 1.29 is 19.6 Å². The van der Waals surface area contributed by atoms with E-state index in [-0.39, 0.29) is 55.1 Å². The summed E-state index contributed by atoms with van der Waals surface area (Å²) in [5.41, 5.74) is 13.3. The third-order valence-corrected chi connectivity index (χ3v) is 7.86.